The van der Waals surface area contributed by atoms with Crippen LogP contribution in [0, 0.1) is 17.3 Å². The Morgan fingerprint density at radius 1 is 1.14 bits per heavy atom. The zero-order chi connectivity index (χ0) is 30.4. The fraction of sp³-hybridized carbons (Fsp3) is 0.600. The van der Waals surface area contributed by atoms with Gasteiger partial charge in [0.2, 0.25) is 18.3 Å². The van der Waals surface area contributed by atoms with E-state index in [0.29, 0.717) is 22.6 Å². The highest BCUT2D eigenvalue weighted by Crippen LogP contribution is 2.45. The predicted octanol–water partition coefficient (Wildman–Crippen LogP) is 6.50. The molecule has 2 fully saturated rings. The summed E-state index contributed by atoms with van der Waals surface area (Å²) >= 11 is 0. The zero-order valence-corrected chi connectivity index (χ0v) is 24.3. The molecular formula is C30H38F4N6O2. The third-order valence-electron chi connectivity index (χ3n) is 8.29. The summed E-state index contributed by atoms with van der Waals surface area (Å²) in [7, 11) is 0. The summed E-state index contributed by atoms with van der Waals surface area (Å²) in [4.78, 5) is 33.8. The van der Waals surface area contributed by atoms with Crippen LogP contribution < -0.4 is 10.6 Å². The van der Waals surface area contributed by atoms with Crippen LogP contribution in [-0.4, -0.2) is 43.9 Å². The van der Waals surface area contributed by atoms with E-state index in [9.17, 15) is 27.2 Å². The van der Waals surface area contributed by atoms with Crippen LogP contribution in [0.1, 0.15) is 106 Å². The van der Waals surface area contributed by atoms with E-state index in [1.807, 2.05) is 26.0 Å². The highest BCUT2D eigenvalue weighted by atomic mass is 19.3. The number of nitrogens with zero attached hydrogens (tertiary/aromatic N) is 3. The van der Waals surface area contributed by atoms with Gasteiger partial charge in [0.05, 0.1) is 23.1 Å². The van der Waals surface area contributed by atoms with Gasteiger partial charge in [-0.1, -0.05) is 19.9 Å². The SMILES string of the molecule is CC(C)n1nccc1C(=O)N[C@@H](CC(C)(C)C(F)F)c1nc2ccc([C@H](NC(=O)CC3CC(F)(F)C3)C3CC3)cc2[nH]1. The Kier molecular flexibility index (Phi) is 8.10. The van der Waals surface area contributed by atoms with Gasteiger partial charge in [-0.25, -0.2) is 22.5 Å². The van der Waals surface area contributed by atoms with E-state index in [1.54, 1.807) is 16.8 Å². The van der Waals surface area contributed by atoms with E-state index >= 15 is 0 Å². The molecular weight excluding hydrogens is 552 g/mol. The number of nitrogens with one attached hydrogen (secondary N) is 3. The van der Waals surface area contributed by atoms with Gasteiger partial charge in [-0.2, -0.15) is 5.10 Å². The molecule has 12 heteroatoms. The minimum atomic E-state index is -2.66. The van der Waals surface area contributed by atoms with Gasteiger partial charge in [0.1, 0.15) is 11.5 Å². The number of fused-ring (bicyclic) bond motifs is 1. The summed E-state index contributed by atoms with van der Waals surface area (Å²) in [6.45, 7) is 6.68. The number of carbonyl (C=O) groups excluding carboxylic acids is 2. The molecule has 2 saturated carbocycles. The standard InChI is InChI=1S/C30H38F4N6O2/c1-16(2)40-23(9-10-35-40)27(42)38-22(15-29(3,4)28(31)32)26-36-20-8-7-19(12-21(20)37-26)25(18-5-6-18)39-24(41)11-17-13-30(33,34)14-17/h7-10,12,16-18,22,25,28H,5-6,11,13-15H2,1-4H3,(H,36,37)(H,38,42)(H,39,41)/t22-,25+/m0/s1. The largest absolute Gasteiger partial charge is 0.349 e. The smallest absolute Gasteiger partial charge is 0.270 e. The van der Waals surface area contributed by atoms with Crippen molar-refractivity contribution in [3.05, 3.63) is 47.5 Å². The van der Waals surface area contributed by atoms with Gasteiger partial charge in [0, 0.05) is 36.9 Å². The molecule has 2 aliphatic rings. The number of hydrogen-bond acceptors (Lipinski definition) is 4. The maximum absolute atomic E-state index is 13.9. The molecule has 42 heavy (non-hydrogen) atoms. The minimum absolute atomic E-state index is 0.0696. The van der Waals surface area contributed by atoms with Gasteiger partial charge in [-0.3, -0.25) is 14.3 Å². The number of benzene rings is 1. The van der Waals surface area contributed by atoms with Crippen molar-refractivity contribution < 1.29 is 27.2 Å². The Bertz CT molecular complexity index is 1440. The van der Waals surface area contributed by atoms with Gasteiger partial charge in [0.25, 0.3) is 5.91 Å². The van der Waals surface area contributed by atoms with Gasteiger partial charge >= 0.3 is 0 Å². The lowest BCUT2D eigenvalue weighted by Crippen LogP contribution is -2.39. The number of alkyl halides is 4. The van der Waals surface area contributed by atoms with Crippen LogP contribution in [0.4, 0.5) is 17.6 Å². The predicted molar refractivity (Wildman–Crippen MR) is 149 cm³/mol. The number of rotatable bonds is 12. The van der Waals surface area contributed by atoms with Crippen LogP contribution in [0.2, 0.25) is 0 Å². The molecule has 0 saturated heterocycles. The lowest BCUT2D eigenvalue weighted by atomic mass is 9.79. The van der Waals surface area contributed by atoms with Crippen molar-refractivity contribution in [3.8, 4) is 0 Å². The van der Waals surface area contributed by atoms with Gasteiger partial charge in [-0.15, -0.1) is 0 Å². The molecule has 0 aliphatic heterocycles. The molecule has 3 aromatic rings. The van der Waals surface area contributed by atoms with Crippen LogP contribution in [0.5, 0.6) is 0 Å². The first-order valence-corrected chi connectivity index (χ1v) is 14.5. The van der Waals surface area contributed by atoms with Crippen molar-refractivity contribution in [2.24, 2.45) is 17.3 Å². The monoisotopic (exact) mass is 590 g/mol. The van der Waals surface area contributed by atoms with Gasteiger partial charge in [-0.05, 0) is 68.7 Å². The molecule has 0 radical (unpaired) electrons. The van der Waals surface area contributed by atoms with Crippen molar-refractivity contribution in [1.29, 1.82) is 0 Å². The molecule has 3 N–H and O–H groups in total. The number of carbonyl (C=O) groups is 2. The quantitative estimate of drug-likeness (QED) is 0.210. The molecule has 5 rings (SSSR count). The molecule has 2 aromatic heterocycles. The average molecular weight is 591 g/mol. The highest BCUT2D eigenvalue weighted by Gasteiger charge is 2.46. The molecule has 0 bridgehead atoms. The zero-order valence-electron chi connectivity index (χ0n) is 24.3. The number of amides is 2. The van der Waals surface area contributed by atoms with E-state index in [0.717, 1.165) is 18.4 Å². The summed E-state index contributed by atoms with van der Waals surface area (Å²) in [5, 5.41) is 10.1. The van der Waals surface area contributed by atoms with E-state index < -0.39 is 29.7 Å². The Morgan fingerprint density at radius 3 is 2.48 bits per heavy atom. The number of halogens is 4. The molecule has 2 atom stereocenters. The van der Waals surface area contributed by atoms with E-state index in [2.05, 4.69) is 25.7 Å². The maximum Gasteiger partial charge on any atom is 0.270 e. The topological polar surface area (TPSA) is 105 Å². The van der Waals surface area contributed by atoms with Gasteiger partial charge in [0.15, 0.2) is 0 Å². The first-order chi connectivity index (χ1) is 19.7. The Morgan fingerprint density at radius 2 is 1.86 bits per heavy atom. The number of H-pyrrole nitrogens is 1. The Labute approximate surface area is 242 Å². The van der Waals surface area contributed by atoms with Crippen molar-refractivity contribution >= 4 is 22.8 Å². The van der Waals surface area contributed by atoms with Crippen LogP contribution in [0.15, 0.2) is 30.5 Å². The third-order valence-corrected chi connectivity index (χ3v) is 8.29. The maximum atomic E-state index is 13.9. The first-order valence-electron chi connectivity index (χ1n) is 14.5. The summed E-state index contributed by atoms with van der Waals surface area (Å²) in [5.74, 6) is -3.06. The average Bonchev–Trinajstić information content (AvgIpc) is 3.42. The van der Waals surface area contributed by atoms with Crippen molar-refractivity contribution in [2.75, 3.05) is 0 Å². The molecule has 0 unspecified atom stereocenters. The fourth-order valence-electron chi connectivity index (χ4n) is 5.70. The summed E-state index contributed by atoms with van der Waals surface area (Å²) < 4.78 is 55.9. The number of aromatic amines is 1. The molecule has 2 aliphatic carbocycles. The Balaban J connectivity index is 1.38. The van der Waals surface area contributed by atoms with E-state index in [4.69, 9.17) is 0 Å². The van der Waals surface area contributed by atoms with Crippen molar-refractivity contribution in [1.82, 2.24) is 30.4 Å². The lowest BCUT2D eigenvalue weighted by Gasteiger charge is -2.34. The summed E-state index contributed by atoms with van der Waals surface area (Å²) in [6, 6.07) is 5.94. The minimum Gasteiger partial charge on any atom is -0.349 e. The second-order valence-corrected chi connectivity index (χ2v) is 12.9. The third kappa shape index (κ3) is 6.62. The van der Waals surface area contributed by atoms with E-state index in [-0.39, 0.29) is 55.5 Å². The molecule has 2 heterocycles. The second kappa shape index (κ2) is 11.3. The molecule has 1 aromatic carbocycles. The molecule has 0 spiro atoms. The molecule has 8 nitrogen and oxygen atoms in total. The lowest BCUT2D eigenvalue weighted by molar-refractivity contribution is -0.134. The molecule has 2 amide bonds. The van der Waals surface area contributed by atoms with Crippen molar-refractivity contribution in [3.63, 3.8) is 0 Å². The molecule has 228 valence electrons. The number of aromatic nitrogens is 4. The van der Waals surface area contributed by atoms with Gasteiger partial charge < -0.3 is 15.6 Å². The van der Waals surface area contributed by atoms with E-state index in [1.165, 1.54) is 20.0 Å². The highest BCUT2D eigenvalue weighted by molar-refractivity contribution is 5.92. The Hall–Kier alpha value is -3.44. The second-order valence-electron chi connectivity index (χ2n) is 12.9. The normalized spacial score (nSPS) is 18.7. The van der Waals surface area contributed by atoms with Crippen LogP contribution in [-0.2, 0) is 4.79 Å². The van der Waals surface area contributed by atoms with Crippen LogP contribution in [0.25, 0.3) is 11.0 Å². The summed E-state index contributed by atoms with van der Waals surface area (Å²) in [5.41, 5.74) is 0.986. The van der Waals surface area contributed by atoms with Crippen molar-refractivity contribution in [2.45, 2.75) is 96.7 Å². The van der Waals surface area contributed by atoms with Crippen LogP contribution in [0.3, 0.4) is 0 Å². The first kappa shape index (κ1) is 30.0. The number of hydrogen-bond donors (Lipinski definition) is 3. The summed E-state index contributed by atoms with van der Waals surface area (Å²) in [6.07, 6.45) is 0.293. The van der Waals surface area contributed by atoms with Crippen LogP contribution >= 0.6 is 0 Å². The number of imidazole rings is 1. The fourth-order valence-corrected chi connectivity index (χ4v) is 5.70.